The predicted octanol–water partition coefficient (Wildman–Crippen LogP) is 1.04. The van der Waals surface area contributed by atoms with E-state index in [1.807, 2.05) is 25.9 Å². The minimum absolute atomic E-state index is 0.105. The molecule has 94 valence electrons. The molecule has 1 N–H and O–H groups in total. The van der Waals surface area contributed by atoms with Gasteiger partial charge in [-0.25, -0.2) is 9.37 Å². The van der Waals surface area contributed by atoms with Crippen molar-refractivity contribution < 1.29 is 13.6 Å². The Morgan fingerprint density at radius 1 is 1.53 bits per heavy atom. The van der Waals surface area contributed by atoms with Crippen molar-refractivity contribution in [2.24, 2.45) is 0 Å². The summed E-state index contributed by atoms with van der Waals surface area (Å²) in [5, 5.41) is 2.53. The lowest BCUT2D eigenvalue weighted by molar-refractivity contribution is 0.0938. The third-order valence-electron chi connectivity index (χ3n) is 2.53. The van der Waals surface area contributed by atoms with Crippen molar-refractivity contribution in [3.63, 3.8) is 0 Å². The zero-order valence-corrected chi connectivity index (χ0v) is 10.00. The van der Waals surface area contributed by atoms with Crippen LogP contribution in [0.2, 0.25) is 0 Å². The summed E-state index contributed by atoms with van der Waals surface area (Å²) in [5.74, 6) is -3.13. The molecule has 0 aliphatic carbocycles. The van der Waals surface area contributed by atoms with Gasteiger partial charge in [-0.1, -0.05) is 0 Å². The number of hydrogen-bond acceptors (Lipinski definition) is 3. The van der Waals surface area contributed by atoms with Crippen molar-refractivity contribution >= 4 is 5.91 Å². The Labute approximate surface area is 98.6 Å². The molecular formula is C11H15F2N3O. The molecule has 0 radical (unpaired) electrons. The predicted molar refractivity (Wildman–Crippen MR) is 59.6 cm³/mol. The van der Waals surface area contributed by atoms with Gasteiger partial charge in [-0.15, -0.1) is 0 Å². The monoisotopic (exact) mass is 243 g/mol. The van der Waals surface area contributed by atoms with Crippen LogP contribution in [0.5, 0.6) is 0 Å². The second kappa shape index (κ2) is 5.67. The minimum atomic E-state index is -1.27. The van der Waals surface area contributed by atoms with Crippen molar-refractivity contribution in [1.82, 2.24) is 15.2 Å². The number of carbonyl (C=O) groups excluding carboxylic acids is 1. The molecule has 1 heterocycles. The summed E-state index contributed by atoms with van der Waals surface area (Å²) < 4.78 is 26.0. The lowest BCUT2D eigenvalue weighted by atomic mass is 10.2. The fourth-order valence-electron chi connectivity index (χ4n) is 1.11. The highest BCUT2D eigenvalue weighted by molar-refractivity contribution is 5.94. The zero-order valence-electron chi connectivity index (χ0n) is 10.00. The number of nitrogens with one attached hydrogen (secondary N) is 1. The van der Waals surface area contributed by atoms with Gasteiger partial charge in [0.2, 0.25) is 5.95 Å². The average molecular weight is 243 g/mol. The van der Waals surface area contributed by atoms with Crippen LogP contribution in [0.4, 0.5) is 8.78 Å². The van der Waals surface area contributed by atoms with E-state index in [0.29, 0.717) is 6.54 Å². The topological polar surface area (TPSA) is 45.2 Å². The van der Waals surface area contributed by atoms with E-state index < -0.39 is 17.7 Å². The molecule has 1 amide bonds. The van der Waals surface area contributed by atoms with Crippen LogP contribution < -0.4 is 5.32 Å². The molecule has 1 atom stereocenters. The van der Waals surface area contributed by atoms with Gasteiger partial charge in [0.15, 0.2) is 5.82 Å². The Morgan fingerprint density at radius 2 is 2.18 bits per heavy atom. The molecule has 0 aliphatic heterocycles. The molecule has 17 heavy (non-hydrogen) atoms. The number of amides is 1. The van der Waals surface area contributed by atoms with Crippen molar-refractivity contribution in [1.29, 1.82) is 0 Å². The fraction of sp³-hybridized carbons (Fsp3) is 0.455. The van der Waals surface area contributed by atoms with Crippen LogP contribution in [0.3, 0.4) is 0 Å². The average Bonchev–Trinajstić information content (AvgIpc) is 2.29. The fourth-order valence-corrected chi connectivity index (χ4v) is 1.11. The van der Waals surface area contributed by atoms with Gasteiger partial charge in [0.1, 0.15) is 0 Å². The molecule has 0 aromatic carbocycles. The molecule has 6 heteroatoms. The second-order valence-corrected chi connectivity index (χ2v) is 3.99. The highest BCUT2D eigenvalue weighted by atomic mass is 19.2. The summed E-state index contributed by atoms with van der Waals surface area (Å²) >= 11 is 0. The van der Waals surface area contributed by atoms with Crippen molar-refractivity contribution in [3.05, 3.63) is 29.6 Å². The quantitative estimate of drug-likeness (QED) is 0.804. The first-order chi connectivity index (χ1) is 7.93. The number of likely N-dealkylation sites (N-methyl/N-ethyl adjacent to an activating group) is 1. The first kappa shape index (κ1) is 13.5. The highest BCUT2D eigenvalue weighted by Crippen LogP contribution is 2.08. The van der Waals surface area contributed by atoms with E-state index in [2.05, 4.69) is 10.3 Å². The molecule has 0 bridgehead atoms. The zero-order chi connectivity index (χ0) is 13.0. The van der Waals surface area contributed by atoms with Gasteiger partial charge in [0.05, 0.1) is 5.56 Å². The van der Waals surface area contributed by atoms with Gasteiger partial charge in [-0.2, -0.15) is 4.39 Å². The number of aromatic nitrogens is 1. The van der Waals surface area contributed by atoms with Crippen LogP contribution in [0.15, 0.2) is 12.3 Å². The van der Waals surface area contributed by atoms with E-state index in [1.165, 1.54) is 0 Å². The molecule has 1 aromatic rings. The molecule has 0 aliphatic rings. The van der Waals surface area contributed by atoms with Gasteiger partial charge in [0.25, 0.3) is 5.91 Å². The minimum Gasteiger partial charge on any atom is -0.350 e. The molecular weight excluding hydrogens is 228 g/mol. The maximum atomic E-state index is 13.2. The third kappa shape index (κ3) is 3.45. The number of carbonyl (C=O) groups is 1. The Bertz CT molecular complexity index is 410. The van der Waals surface area contributed by atoms with Gasteiger partial charge < -0.3 is 10.2 Å². The van der Waals surface area contributed by atoms with E-state index >= 15 is 0 Å². The van der Waals surface area contributed by atoms with Crippen LogP contribution in [-0.4, -0.2) is 42.5 Å². The Balaban J connectivity index is 2.68. The Morgan fingerprint density at radius 3 is 2.76 bits per heavy atom. The summed E-state index contributed by atoms with van der Waals surface area (Å²) in [6, 6.07) is 1.25. The summed E-state index contributed by atoms with van der Waals surface area (Å²) in [5.41, 5.74) is -0.330. The van der Waals surface area contributed by atoms with E-state index in [1.54, 1.807) is 0 Å². The van der Waals surface area contributed by atoms with Crippen LogP contribution in [-0.2, 0) is 0 Å². The molecule has 0 saturated heterocycles. The molecule has 0 saturated carbocycles. The van der Waals surface area contributed by atoms with Crippen molar-refractivity contribution in [2.45, 2.75) is 13.0 Å². The molecule has 1 rings (SSSR count). The normalized spacial score (nSPS) is 12.6. The maximum absolute atomic E-state index is 13.2. The van der Waals surface area contributed by atoms with E-state index in [4.69, 9.17) is 0 Å². The lowest BCUT2D eigenvalue weighted by Gasteiger charge is -2.19. The van der Waals surface area contributed by atoms with E-state index in [-0.39, 0.29) is 11.6 Å². The SMILES string of the molecule is CC(CNC(=O)c1ccnc(F)c1F)N(C)C. The van der Waals surface area contributed by atoms with Crippen LogP contribution in [0, 0.1) is 11.8 Å². The molecule has 0 spiro atoms. The van der Waals surface area contributed by atoms with Gasteiger partial charge in [-0.3, -0.25) is 4.79 Å². The van der Waals surface area contributed by atoms with Crippen molar-refractivity contribution in [3.8, 4) is 0 Å². The second-order valence-electron chi connectivity index (χ2n) is 3.99. The van der Waals surface area contributed by atoms with Gasteiger partial charge in [-0.05, 0) is 27.1 Å². The summed E-state index contributed by atoms with van der Waals surface area (Å²) in [6.45, 7) is 2.26. The molecule has 1 aromatic heterocycles. The number of nitrogens with zero attached hydrogens (tertiary/aromatic N) is 2. The van der Waals surface area contributed by atoms with Gasteiger partial charge >= 0.3 is 0 Å². The van der Waals surface area contributed by atoms with Crippen LogP contribution >= 0.6 is 0 Å². The molecule has 4 nitrogen and oxygen atoms in total. The Kier molecular flexibility index (Phi) is 4.51. The first-order valence-electron chi connectivity index (χ1n) is 5.18. The smallest absolute Gasteiger partial charge is 0.254 e. The van der Waals surface area contributed by atoms with Crippen LogP contribution in [0.1, 0.15) is 17.3 Å². The summed E-state index contributed by atoms with van der Waals surface area (Å²) in [7, 11) is 3.73. The largest absolute Gasteiger partial charge is 0.350 e. The van der Waals surface area contributed by atoms with Crippen molar-refractivity contribution in [2.75, 3.05) is 20.6 Å². The number of rotatable bonds is 4. The first-order valence-corrected chi connectivity index (χ1v) is 5.18. The standard InChI is InChI=1S/C11H15F2N3O/c1-7(16(2)3)6-15-11(17)8-4-5-14-10(13)9(8)12/h4-5,7H,6H2,1-3H3,(H,15,17). The highest BCUT2D eigenvalue weighted by Gasteiger charge is 2.16. The maximum Gasteiger partial charge on any atom is 0.254 e. The van der Waals surface area contributed by atoms with Crippen LogP contribution in [0.25, 0.3) is 0 Å². The van der Waals surface area contributed by atoms with E-state index in [9.17, 15) is 13.6 Å². The number of pyridine rings is 1. The summed E-state index contributed by atoms with van der Waals surface area (Å²) in [6.07, 6.45) is 1.06. The number of hydrogen-bond donors (Lipinski definition) is 1. The number of halogens is 2. The third-order valence-corrected chi connectivity index (χ3v) is 2.53. The lowest BCUT2D eigenvalue weighted by Crippen LogP contribution is -2.38. The molecule has 0 fully saturated rings. The molecule has 1 unspecified atom stereocenters. The summed E-state index contributed by atoms with van der Waals surface area (Å²) in [4.78, 5) is 16.6. The van der Waals surface area contributed by atoms with E-state index in [0.717, 1.165) is 12.3 Å². The van der Waals surface area contributed by atoms with Gasteiger partial charge in [0, 0.05) is 18.8 Å². The Hall–Kier alpha value is -1.56.